The molecule has 1 heterocycles. The number of halogens is 1. The maximum Gasteiger partial charge on any atom is 0.0683 e. The fourth-order valence-electron chi connectivity index (χ4n) is 2.97. The number of fused-ring (bicyclic) bond motifs is 1. The van der Waals surface area contributed by atoms with Crippen LogP contribution in [0.3, 0.4) is 0 Å². The molecule has 1 N–H and O–H groups in total. The van der Waals surface area contributed by atoms with Crippen LogP contribution in [0, 0.1) is 13.8 Å². The van der Waals surface area contributed by atoms with E-state index in [4.69, 9.17) is 11.6 Å². The summed E-state index contributed by atoms with van der Waals surface area (Å²) < 4.78 is 0. The Bertz CT molecular complexity index is 623. The van der Waals surface area contributed by atoms with Crippen molar-refractivity contribution in [2.24, 2.45) is 0 Å². The van der Waals surface area contributed by atoms with E-state index in [2.05, 4.69) is 37.4 Å². The second kappa shape index (κ2) is 5.51. The van der Waals surface area contributed by atoms with E-state index in [0.717, 1.165) is 5.02 Å². The van der Waals surface area contributed by atoms with Crippen LogP contribution in [-0.4, -0.2) is 7.05 Å². The average molecular weight is 306 g/mol. The molecule has 1 atom stereocenters. The van der Waals surface area contributed by atoms with Crippen molar-refractivity contribution in [3.8, 4) is 0 Å². The van der Waals surface area contributed by atoms with Crippen molar-refractivity contribution in [1.29, 1.82) is 0 Å². The van der Waals surface area contributed by atoms with Gasteiger partial charge in [0, 0.05) is 14.8 Å². The van der Waals surface area contributed by atoms with Crippen LogP contribution in [-0.2, 0) is 12.8 Å². The maximum atomic E-state index is 6.48. The number of aryl methyl sites for hydroxylation is 4. The molecule has 0 radical (unpaired) electrons. The van der Waals surface area contributed by atoms with Crippen LogP contribution in [0.15, 0.2) is 18.2 Å². The van der Waals surface area contributed by atoms with E-state index >= 15 is 0 Å². The third-order valence-corrected chi connectivity index (χ3v) is 5.89. The Hall–Kier alpha value is -0.830. The third kappa shape index (κ3) is 2.41. The summed E-state index contributed by atoms with van der Waals surface area (Å²) in [5.41, 5.74) is 5.29. The lowest BCUT2D eigenvalue weighted by Gasteiger charge is -2.18. The van der Waals surface area contributed by atoms with Crippen molar-refractivity contribution in [2.45, 2.75) is 39.2 Å². The molecule has 3 heteroatoms. The number of hydrogen-bond donors (Lipinski definition) is 1. The minimum atomic E-state index is 0.206. The van der Waals surface area contributed by atoms with Gasteiger partial charge in [-0.05, 0) is 74.5 Å². The molecular weight excluding hydrogens is 286 g/mol. The predicted octanol–water partition coefficient (Wildman–Crippen LogP) is 4.82. The molecule has 106 valence electrons. The highest BCUT2D eigenvalue weighted by Gasteiger charge is 2.22. The van der Waals surface area contributed by atoms with Crippen LogP contribution in [0.5, 0.6) is 0 Å². The van der Waals surface area contributed by atoms with E-state index in [0.29, 0.717) is 0 Å². The molecule has 0 saturated heterocycles. The largest absolute Gasteiger partial charge is 0.309 e. The number of hydrogen-bond acceptors (Lipinski definition) is 2. The van der Waals surface area contributed by atoms with Crippen LogP contribution in [0.2, 0.25) is 5.02 Å². The lowest BCUT2D eigenvalue weighted by Crippen LogP contribution is -2.17. The van der Waals surface area contributed by atoms with Gasteiger partial charge in [0.05, 0.1) is 6.04 Å². The Morgan fingerprint density at radius 3 is 2.60 bits per heavy atom. The molecule has 0 spiro atoms. The number of rotatable bonds is 3. The van der Waals surface area contributed by atoms with E-state index in [1.54, 1.807) is 10.4 Å². The number of benzene rings is 1. The third-order valence-electron chi connectivity index (χ3n) is 4.26. The van der Waals surface area contributed by atoms with Gasteiger partial charge in [0.15, 0.2) is 0 Å². The van der Waals surface area contributed by atoms with E-state index in [-0.39, 0.29) is 6.04 Å². The number of thiophene rings is 1. The van der Waals surface area contributed by atoms with Crippen molar-refractivity contribution >= 4 is 22.9 Å². The van der Waals surface area contributed by atoms with Gasteiger partial charge in [-0.25, -0.2) is 0 Å². The van der Waals surface area contributed by atoms with Crippen LogP contribution < -0.4 is 5.32 Å². The highest BCUT2D eigenvalue weighted by Crippen LogP contribution is 2.38. The van der Waals surface area contributed by atoms with Gasteiger partial charge in [0.1, 0.15) is 0 Å². The molecule has 20 heavy (non-hydrogen) atoms. The Morgan fingerprint density at radius 1 is 1.15 bits per heavy atom. The fraction of sp³-hybridized carbons (Fsp3) is 0.412. The molecule has 3 rings (SSSR count). The Kier molecular flexibility index (Phi) is 3.89. The molecule has 1 aliphatic rings. The zero-order valence-corrected chi connectivity index (χ0v) is 13.8. The average Bonchev–Trinajstić information content (AvgIpc) is 2.97. The molecule has 0 saturated carbocycles. The molecule has 1 aromatic carbocycles. The van der Waals surface area contributed by atoms with Gasteiger partial charge in [0.2, 0.25) is 0 Å². The molecule has 0 fully saturated rings. The maximum absolute atomic E-state index is 6.48. The first-order valence-electron chi connectivity index (χ1n) is 7.15. The van der Waals surface area contributed by atoms with Crippen molar-refractivity contribution in [3.05, 3.63) is 55.2 Å². The van der Waals surface area contributed by atoms with Crippen molar-refractivity contribution in [1.82, 2.24) is 5.32 Å². The van der Waals surface area contributed by atoms with Crippen molar-refractivity contribution in [3.63, 3.8) is 0 Å². The summed E-state index contributed by atoms with van der Waals surface area (Å²) in [7, 11) is 2.01. The van der Waals surface area contributed by atoms with Crippen LogP contribution in [0.4, 0.5) is 0 Å². The van der Waals surface area contributed by atoms with Crippen LogP contribution in [0.1, 0.15) is 44.5 Å². The van der Waals surface area contributed by atoms with E-state index < -0.39 is 0 Å². The van der Waals surface area contributed by atoms with Crippen LogP contribution in [0.25, 0.3) is 0 Å². The van der Waals surface area contributed by atoms with Gasteiger partial charge in [-0.15, -0.1) is 11.3 Å². The molecule has 1 nitrogen and oxygen atoms in total. The smallest absolute Gasteiger partial charge is 0.0683 e. The minimum Gasteiger partial charge on any atom is -0.309 e. The van der Waals surface area contributed by atoms with Gasteiger partial charge in [-0.3, -0.25) is 0 Å². The first-order valence-corrected chi connectivity index (χ1v) is 8.35. The lowest BCUT2D eigenvalue weighted by molar-refractivity contribution is 0.702. The summed E-state index contributed by atoms with van der Waals surface area (Å²) in [6, 6.07) is 6.89. The highest BCUT2D eigenvalue weighted by atomic mass is 35.5. The predicted molar refractivity (Wildman–Crippen MR) is 88.2 cm³/mol. The van der Waals surface area contributed by atoms with Gasteiger partial charge in [-0.1, -0.05) is 17.7 Å². The number of nitrogens with one attached hydrogen (secondary N) is 1. The van der Waals surface area contributed by atoms with Crippen molar-refractivity contribution < 1.29 is 0 Å². The molecule has 0 aliphatic heterocycles. The molecule has 1 aromatic heterocycles. The summed E-state index contributed by atoms with van der Waals surface area (Å²) in [6.45, 7) is 4.26. The van der Waals surface area contributed by atoms with Crippen molar-refractivity contribution in [2.75, 3.05) is 7.05 Å². The quantitative estimate of drug-likeness (QED) is 0.857. The Morgan fingerprint density at radius 2 is 1.90 bits per heavy atom. The second-order valence-electron chi connectivity index (χ2n) is 5.63. The minimum absolute atomic E-state index is 0.206. The molecule has 0 amide bonds. The molecular formula is C17H20ClNS. The monoisotopic (exact) mass is 305 g/mol. The van der Waals surface area contributed by atoms with E-state index in [9.17, 15) is 0 Å². The molecule has 1 aliphatic carbocycles. The van der Waals surface area contributed by atoms with Gasteiger partial charge < -0.3 is 5.32 Å². The van der Waals surface area contributed by atoms with Crippen LogP contribution >= 0.6 is 22.9 Å². The molecule has 1 unspecified atom stereocenters. The molecule has 2 aromatic rings. The molecule has 0 bridgehead atoms. The second-order valence-corrected chi connectivity index (χ2v) is 7.21. The summed E-state index contributed by atoms with van der Waals surface area (Å²) in [5.74, 6) is 0. The van der Waals surface area contributed by atoms with E-state index in [1.807, 2.05) is 18.4 Å². The first kappa shape index (κ1) is 14.1. The Balaban J connectivity index is 2.03. The first-order chi connectivity index (χ1) is 9.60. The van der Waals surface area contributed by atoms with Gasteiger partial charge in [0.25, 0.3) is 0 Å². The zero-order valence-electron chi connectivity index (χ0n) is 12.2. The SMILES string of the molecule is CNC(c1cc2c(s1)CCC2)c1cc(C)c(C)cc1Cl. The van der Waals surface area contributed by atoms with E-state index in [1.165, 1.54) is 40.8 Å². The normalized spacial score (nSPS) is 15.4. The summed E-state index contributed by atoms with van der Waals surface area (Å²) in [6.07, 6.45) is 3.80. The topological polar surface area (TPSA) is 12.0 Å². The summed E-state index contributed by atoms with van der Waals surface area (Å²) >= 11 is 8.43. The highest BCUT2D eigenvalue weighted by molar-refractivity contribution is 7.12. The standard InChI is InChI=1S/C17H20ClNS/c1-10-7-13(14(18)8-11(10)2)17(19-3)16-9-12-5-4-6-15(12)20-16/h7-9,17,19H,4-6H2,1-3H3. The summed E-state index contributed by atoms with van der Waals surface area (Å²) in [4.78, 5) is 2.96. The Labute approximate surface area is 130 Å². The summed E-state index contributed by atoms with van der Waals surface area (Å²) in [5, 5.41) is 4.30. The fourth-order valence-corrected chi connectivity index (χ4v) is 4.68. The zero-order chi connectivity index (χ0) is 14.3. The van der Waals surface area contributed by atoms with Gasteiger partial charge in [-0.2, -0.15) is 0 Å². The lowest BCUT2D eigenvalue weighted by atomic mass is 9.99. The van der Waals surface area contributed by atoms with Gasteiger partial charge >= 0.3 is 0 Å².